The van der Waals surface area contributed by atoms with Crippen molar-refractivity contribution in [1.82, 2.24) is 9.97 Å². The lowest BCUT2D eigenvalue weighted by Crippen LogP contribution is -2.10. The van der Waals surface area contributed by atoms with Crippen LogP contribution in [0.3, 0.4) is 0 Å². The first kappa shape index (κ1) is 22.2. The molecular formula is C15H13Cl3N4O6. The molecule has 0 spiro atoms. The Morgan fingerprint density at radius 1 is 0.929 bits per heavy atom. The monoisotopic (exact) mass is 450 g/mol. The third-order valence-corrected chi connectivity index (χ3v) is 4.11. The summed E-state index contributed by atoms with van der Waals surface area (Å²) in [6, 6.07) is 5.29. The molecule has 2 aromatic rings. The Morgan fingerprint density at radius 2 is 1.46 bits per heavy atom. The van der Waals surface area contributed by atoms with Crippen molar-refractivity contribution in [2.75, 3.05) is 13.2 Å². The van der Waals surface area contributed by atoms with Crippen molar-refractivity contribution >= 4 is 46.2 Å². The van der Waals surface area contributed by atoms with Gasteiger partial charge in [0.2, 0.25) is 5.15 Å². The number of ether oxygens (including phenoxy) is 2. The number of nitrogens with zero attached hydrogens (tertiary/aromatic N) is 4. The van der Waals surface area contributed by atoms with Gasteiger partial charge < -0.3 is 9.47 Å². The van der Waals surface area contributed by atoms with Crippen molar-refractivity contribution in [2.45, 2.75) is 19.1 Å². The zero-order valence-electron chi connectivity index (χ0n) is 14.1. The molecule has 0 aromatic carbocycles. The fraction of sp³-hybridized carbons (Fsp3) is 0.333. The van der Waals surface area contributed by atoms with Gasteiger partial charge in [-0.2, -0.15) is 0 Å². The van der Waals surface area contributed by atoms with Crippen LogP contribution in [0.15, 0.2) is 24.3 Å². The Labute approximate surface area is 173 Å². The minimum Gasteiger partial charge on any atom is -0.350 e. The van der Waals surface area contributed by atoms with E-state index in [4.69, 9.17) is 44.3 Å². The molecule has 150 valence electrons. The molecule has 0 amide bonds. The van der Waals surface area contributed by atoms with E-state index in [2.05, 4.69) is 9.97 Å². The Balaban J connectivity index is 0.000000221. The zero-order chi connectivity index (χ0) is 20.7. The summed E-state index contributed by atoms with van der Waals surface area (Å²) >= 11 is 16.5. The SMILES string of the molecule is O=[N+]([O-])c1ccc(Cl)nc1CCC1OCCO1.O=[N+]([O-])c1ccc(Cl)nc1Cl. The number of pyridine rings is 2. The molecule has 2 aromatic heterocycles. The maximum absolute atomic E-state index is 10.8. The van der Waals surface area contributed by atoms with Crippen LogP contribution >= 0.6 is 34.8 Å². The fourth-order valence-electron chi connectivity index (χ4n) is 2.19. The molecule has 0 aliphatic carbocycles. The first-order chi connectivity index (χ1) is 13.3. The molecule has 1 saturated heterocycles. The molecule has 3 rings (SSSR count). The first-order valence-electron chi connectivity index (χ1n) is 7.77. The van der Waals surface area contributed by atoms with Gasteiger partial charge in [0.05, 0.1) is 23.1 Å². The van der Waals surface area contributed by atoms with Gasteiger partial charge in [0.25, 0.3) is 5.69 Å². The molecule has 1 aliphatic heterocycles. The van der Waals surface area contributed by atoms with Crippen LogP contribution in [0.25, 0.3) is 0 Å². The molecule has 13 heteroatoms. The van der Waals surface area contributed by atoms with Crippen LogP contribution < -0.4 is 0 Å². The predicted octanol–water partition coefficient (Wildman–Crippen LogP) is 4.25. The third kappa shape index (κ3) is 6.50. The fourth-order valence-corrected chi connectivity index (χ4v) is 2.77. The van der Waals surface area contributed by atoms with E-state index in [9.17, 15) is 20.2 Å². The number of hydrogen-bond donors (Lipinski definition) is 0. The van der Waals surface area contributed by atoms with E-state index < -0.39 is 9.85 Å². The average molecular weight is 452 g/mol. The third-order valence-electron chi connectivity index (χ3n) is 3.41. The van der Waals surface area contributed by atoms with E-state index in [1.165, 1.54) is 24.3 Å². The Kier molecular flexibility index (Phi) is 8.27. The number of halogens is 3. The summed E-state index contributed by atoms with van der Waals surface area (Å²) in [6.07, 6.45) is 0.644. The smallest absolute Gasteiger partial charge is 0.306 e. The molecule has 0 N–H and O–H groups in total. The lowest BCUT2D eigenvalue weighted by molar-refractivity contribution is -0.386. The van der Waals surface area contributed by atoms with Gasteiger partial charge in [-0.05, 0) is 12.1 Å². The van der Waals surface area contributed by atoms with Crippen molar-refractivity contribution in [3.05, 3.63) is 65.6 Å². The number of rotatable bonds is 5. The van der Waals surface area contributed by atoms with Crippen molar-refractivity contribution in [3.8, 4) is 0 Å². The van der Waals surface area contributed by atoms with E-state index in [1.807, 2.05) is 0 Å². The first-order valence-corrected chi connectivity index (χ1v) is 8.90. The van der Waals surface area contributed by atoms with Gasteiger partial charge in [-0.1, -0.05) is 34.8 Å². The van der Waals surface area contributed by atoms with Crippen molar-refractivity contribution in [3.63, 3.8) is 0 Å². The molecule has 1 fully saturated rings. The Bertz CT molecular complexity index is 864. The van der Waals surface area contributed by atoms with Gasteiger partial charge >= 0.3 is 5.69 Å². The van der Waals surface area contributed by atoms with Crippen LogP contribution in [-0.2, 0) is 15.9 Å². The highest BCUT2D eigenvalue weighted by Gasteiger charge is 2.20. The molecule has 0 radical (unpaired) electrons. The molecule has 28 heavy (non-hydrogen) atoms. The highest BCUT2D eigenvalue weighted by Crippen LogP contribution is 2.23. The lowest BCUT2D eigenvalue weighted by atomic mass is 10.2. The van der Waals surface area contributed by atoms with E-state index >= 15 is 0 Å². The van der Waals surface area contributed by atoms with Gasteiger partial charge in [0.1, 0.15) is 16.0 Å². The summed E-state index contributed by atoms with van der Waals surface area (Å²) in [5, 5.41) is 21.2. The highest BCUT2D eigenvalue weighted by molar-refractivity contribution is 6.33. The minimum absolute atomic E-state index is 0.0209. The Hall–Kier alpha value is -2.11. The minimum atomic E-state index is -0.619. The van der Waals surface area contributed by atoms with Crippen molar-refractivity contribution in [2.24, 2.45) is 0 Å². The zero-order valence-corrected chi connectivity index (χ0v) is 16.4. The molecular weight excluding hydrogens is 439 g/mol. The Morgan fingerprint density at radius 3 is 2.00 bits per heavy atom. The van der Waals surface area contributed by atoms with E-state index in [0.29, 0.717) is 31.7 Å². The van der Waals surface area contributed by atoms with Crippen molar-refractivity contribution in [1.29, 1.82) is 0 Å². The van der Waals surface area contributed by atoms with Gasteiger partial charge in [0.15, 0.2) is 6.29 Å². The molecule has 1 aliphatic rings. The largest absolute Gasteiger partial charge is 0.350 e. The molecule has 10 nitrogen and oxygen atoms in total. The standard InChI is InChI=1S/C10H11ClN2O4.C5H2Cl2N2O2/c11-9-3-2-8(13(14)15)7(12-9)1-4-10-16-5-6-17-10;6-4-2-1-3(9(10)11)5(7)8-4/h2-3,10H,1,4-6H2;1-2H. The summed E-state index contributed by atoms with van der Waals surface area (Å²) in [7, 11) is 0. The second kappa shape index (κ2) is 10.4. The number of hydrogen-bond acceptors (Lipinski definition) is 8. The maximum Gasteiger partial charge on any atom is 0.306 e. The molecule has 0 atom stereocenters. The van der Waals surface area contributed by atoms with Crippen LogP contribution in [0.4, 0.5) is 11.4 Å². The summed E-state index contributed by atoms with van der Waals surface area (Å²) in [5.41, 5.74) is 0.102. The van der Waals surface area contributed by atoms with Crippen LogP contribution in [0.2, 0.25) is 15.5 Å². The average Bonchev–Trinajstić information content (AvgIpc) is 3.13. The van der Waals surface area contributed by atoms with Gasteiger partial charge in [0, 0.05) is 25.0 Å². The van der Waals surface area contributed by atoms with E-state index in [-0.39, 0.29) is 33.1 Å². The summed E-state index contributed by atoms with van der Waals surface area (Å²) in [5.74, 6) is 0. The quantitative estimate of drug-likeness (QED) is 0.374. The number of aryl methyl sites for hydroxylation is 1. The normalized spacial score (nSPS) is 13.7. The highest BCUT2D eigenvalue weighted by atomic mass is 35.5. The summed E-state index contributed by atoms with van der Waals surface area (Å²) < 4.78 is 10.5. The maximum atomic E-state index is 10.8. The second-order valence-electron chi connectivity index (χ2n) is 5.27. The number of aromatic nitrogens is 2. The van der Waals surface area contributed by atoms with Gasteiger partial charge in [-0.3, -0.25) is 20.2 Å². The second-order valence-corrected chi connectivity index (χ2v) is 6.40. The summed E-state index contributed by atoms with van der Waals surface area (Å²) in [4.78, 5) is 27.3. The molecule has 0 saturated carbocycles. The molecule has 0 bridgehead atoms. The van der Waals surface area contributed by atoms with Crippen LogP contribution in [-0.4, -0.2) is 39.3 Å². The summed E-state index contributed by atoms with van der Waals surface area (Å²) in [6.45, 7) is 1.13. The van der Waals surface area contributed by atoms with Crippen LogP contribution in [0.1, 0.15) is 12.1 Å². The van der Waals surface area contributed by atoms with Crippen LogP contribution in [0.5, 0.6) is 0 Å². The van der Waals surface area contributed by atoms with Crippen LogP contribution in [0, 0.1) is 20.2 Å². The molecule has 3 heterocycles. The number of nitro groups is 2. The van der Waals surface area contributed by atoms with Crippen molar-refractivity contribution < 1.29 is 19.3 Å². The molecule has 0 unspecified atom stereocenters. The van der Waals surface area contributed by atoms with Gasteiger partial charge in [-0.25, -0.2) is 9.97 Å². The lowest BCUT2D eigenvalue weighted by Gasteiger charge is -2.08. The van der Waals surface area contributed by atoms with E-state index in [0.717, 1.165) is 0 Å². The van der Waals surface area contributed by atoms with E-state index in [1.54, 1.807) is 0 Å². The topological polar surface area (TPSA) is 131 Å². The van der Waals surface area contributed by atoms with Gasteiger partial charge in [-0.15, -0.1) is 0 Å². The predicted molar refractivity (Wildman–Crippen MR) is 101 cm³/mol.